The van der Waals surface area contributed by atoms with Crippen molar-refractivity contribution in [3.8, 4) is 0 Å². The lowest BCUT2D eigenvalue weighted by molar-refractivity contribution is 0.675. The van der Waals surface area contributed by atoms with Gasteiger partial charge in [0, 0.05) is 3.57 Å². The van der Waals surface area contributed by atoms with Gasteiger partial charge >= 0.3 is 0 Å². The SMILES string of the molecule is CCCCCC/C=C(/C)c1ccc(I)cc1. The van der Waals surface area contributed by atoms with E-state index in [0.29, 0.717) is 0 Å². The fourth-order valence-corrected chi connectivity index (χ4v) is 2.08. The van der Waals surface area contributed by atoms with E-state index in [1.165, 1.54) is 46.8 Å². The summed E-state index contributed by atoms with van der Waals surface area (Å²) in [5.41, 5.74) is 2.77. The number of rotatable bonds is 6. The van der Waals surface area contributed by atoms with Gasteiger partial charge in [-0.3, -0.25) is 0 Å². The van der Waals surface area contributed by atoms with Gasteiger partial charge in [-0.15, -0.1) is 0 Å². The molecule has 16 heavy (non-hydrogen) atoms. The summed E-state index contributed by atoms with van der Waals surface area (Å²) in [5.74, 6) is 0. The van der Waals surface area contributed by atoms with Crippen molar-refractivity contribution in [2.75, 3.05) is 0 Å². The molecule has 1 heteroatoms. The fraction of sp³-hybridized carbons (Fsp3) is 0.467. The zero-order valence-corrected chi connectivity index (χ0v) is 12.5. The van der Waals surface area contributed by atoms with Crippen LogP contribution in [0.15, 0.2) is 30.3 Å². The van der Waals surface area contributed by atoms with E-state index in [1.807, 2.05) is 0 Å². The molecule has 0 fully saturated rings. The van der Waals surface area contributed by atoms with Gasteiger partial charge in [0.2, 0.25) is 0 Å². The van der Waals surface area contributed by atoms with Crippen molar-refractivity contribution in [3.63, 3.8) is 0 Å². The number of hydrogen-bond acceptors (Lipinski definition) is 0. The van der Waals surface area contributed by atoms with Crippen LogP contribution in [0.5, 0.6) is 0 Å². The Morgan fingerprint density at radius 3 is 2.44 bits per heavy atom. The van der Waals surface area contributed by atoms with Crippen LogP contribution in [0.2, 0.25) is 0 Å². The molecule has 0 aromatic heterocycles. The second kappa shape index (κ2) is 7.88. The molecule has 0 amide bonds. The highest BCUT2D eigenvalue weighted by molar-refractivity contribution is 14.1. The highest BCUT2D eigenvalue weighted by atomic mass is 127. The molecule has 0 aliphatic carbocycles. The highest BCUT2D eigenvalue weighted by Crippen LogP contribution is 2.17. The molecule has 0 aliphatic rings. The Hall–Kier alpha value is -0.310. The maximum absolute atomic E-state index is 2.37. The zero-order chi connectivity index (χ0) is 11.8. The number of allylic oxidation sites excluding steroid dienone is 2. The van der Waals surface area contributed by atoms with Crippen molar-refractivity contribution in [1.29, 1.82) is 0 Å². The molecule has 0 spiro atoms. The average molecular weight is 328 g/mol. The van der Waals surface area contributed by atoms with Crippen LogP contribution in [-0.4, -0.2) is 0 Å². The van der Waals surface area contributed by atoms with E-state index in [2.05, 4.69) is 66.8 Å². The van der Waals surface area contributed by atoms with Crippen LogP contribution in [-0.2, 0) is 0 Å². The monoisotopic (exact) mass is 328 g/mol. The predicted molar refractivity (Wildman–Crippen MR) is 81.6 cm³/mol. The summed E-state index contributed by atoms with van der Waals surface area (Å²) < 4.78 is 1.30. The van der Waals surface area contributed by atoms with Crippen LogP contribution in [0.3, 0.4) is 0 Å². The van der Waals surface area contributed by atoms with Crippen LogP contribution in [0.25, 0.3) is 5.57 Å². The molecular formula is C15H21I. The Labute approximate surface area is 113 Å². The number of unbranched alkanes of at least 4 members (excludes halogenated alkanes) is 4. The molecule has 0 atom stereocenters. The summed E-state index contributed by atoms with van der Waals surface area (Å²) in [6, 6.07) is 8.76. The summed E-state index contributed by atoms with van der Waals surface area (Å²) >= 11 is 2.34. The molecule has 0 unspecified atom stereocenters. The van der Waals surface area contributed by atoms with Crippen LogP contribution in [0, 0.1) is 3.57 Å². The van der Waals surface area contributed by atoms with Gasteiger partial charge in [-0.25, -0.2) is 0 Å². The molecule has 0 heterocycles. The minimum absolute atomic E-state index is 1.22. The largest absolute Gasteiger partial charge is 0.0810 e. The topological polar surface area (TPSA) is 0 Å². The first-order chi connectivity index (χ1) is 7.74. The predicted octanol–water partition coefficient (Wildman–Crippen LogP) is 5.66. The molecule has 0 saturated carbocycles. The van der Waals surface area contributed by atoms with Gasteiger partial charge in [0.15, 0.2) is 0 Å². The third-order valence-electron chi connectivity index (χ3n) is 2.81. The summed E-state index contributed by atoms with van der Waals surface area (Å²) in [6.07, 6.45) is 8.98. The smallest absolute Gasteiger partial charge is 0.0130 e. The van der Waals surface area contributed by atoms with E-state index in [4.69, 9.17) is 0 Å². The molecule has 0 radical (unpaired) electrons. The Kier molecular flexibility index (Phi) is 6.78. The standard InChI is InChI=1S/C15H21I/c1-3-4-5-6-7-8-13(2)14-9-11-15(16)12-10-14/h8-12H,3-7H2,1-2H3/b13-8-. The molecule has 0 N–H and O–H groups in total. The zero-order valence-electron chi connectivity index (χ0n) is 10.3. The van der Waals surface area contributed by atoms with Gasteiger partial charge in [-0.1, -0.05) is 44.4 Å². The van der Waals surface area contributed by atoms with E-state index in [9.17, 15) is 0 Å². The molecule has 0 nitrogen and oxygen atoms in total. The van der Waals surface area contributed by atoms with E-state index >= 15 is 0 Å². The van der Waals surface area contributed by atoms with Crippen molar-refractivity contribution in [2.45, 2.75) is 46.0 Å². The van der Waals surface area contributed by atoms with Crippen molar-refractivity contribution < 1.29 is 0 Å². The number of benzene rings is 1. The Balaban J connectivity index is 2.41. The first kappa shape index (κ1) is 13.8. The number of hydrogen-bond donors (Lipinski definition) is 0. The molecule has 1 aromatic rings. The Morgan fingerprint density at radius 1 is 1.12 bits per heavy atom. The second-order valence-corrected chi connectivity index (χ2v) is 5.49. The van der Waals surface area contributed by atoms with Gasteiger partial charge in [0.05, 0.1) is 0 Å². The second-order valence-electron chi connectivity index (χ2n) is 4.24. The minimum Gasteiger partial charge on any atom is -0.0810 e. The third-order valence-corrected chi connectivity index (χ3v) is 3.53. The van der Waals surface area contributed by atoms with Crippen molar-refractivity contribution in [1.82, 2.24) is 0 Å². The Bertz CT molecular complexity index is 322. The molecule has 88 valence electrons. The van der Waals surface area contributed by atoms with Gasteiger partial charge in [-0.05, 0) is 65.6 Å². The van der Waals surface area contributed by atoms with Gasteiger partial charge in [0.25, 0.3) is 0 Å². The lowest BCUT2D eigenvalue weighted by atomic mass is 10.0. The summed E-state index contributed by atoms with van der Waals surface area (Å²) in [4.78, 5) is 0. The quantitative estimate of drug-likeness (QED) is 0.466. The van der Waals surface area contributed by atoms with Gasteiger partial charge < -0.3 is 0 Å². The van der Waals surface area contributed by atoms with Gasteiger partial charge in [0.1, 0.15) is 0 Å². The maximum Gasteiger partial charge on any atom is 0.0130 e. The van der Waals surface area contributed by atoms with Gasteiger partial charge in [-0.2, -0.15) is 0 Å². The number of halogens is 1. The average Bonchev–Trinajstić information content (AvgIpc) is 2.29. The Morgan fingerprint density at radius 2 is 1.81 bits per heavy atom. The van der Waals surface area contributed by atoms with Crippen molar-refractivity contribution in [3.05, 3.63) is 39.5 Å². The summed E-state index contributed by atoms with van der Waals surface area (Å²) in [5, 5.41) is 0. The van der Waals surface area contributed by atoms with Crippen LogP contribution < -0.4 is 0 Å². The van der Waals surface area contributed by atoms with E-state index in [-0.39, 0.29) is 0 Å². The van der Waals surface area contributed by atoms with E-state index < -0.39 is 0 Å². The lowest BCUT2D eigenvalue weighted by Gasteiger charge is -2.02. The van der Waals surface area contributed by atoms with Crippen LogP contribution in [0.1, 0.15) is 51.5 Å². The molecule has 0 saturated heterocycles. The fourth-order valence-electron chi connectivity index (χ4n) is 1.72. The van der Waals surface area contributed by atoms with Crippen LogP contribution >= 0.6 is 22.6 Å². The molecule has 1 aromatic carbocycles. The lowest BCUT2D eigenvalue weighted by Crippen LogP contribution is -1.81. The summed E-state index contributed by atoms with van der Waals surface area (Å²) in [7, 11) is 0. The molecule has 0 bridgehead atoms. The van der Waals surface area contributed by atoms with Crippen molar-refractivity contribution in [2.24, 2.45) is 0 Å². The third kappa shape index (κ3) is 5.15. The summed E-state index contributed by atoms with van der Waals surface area (Å²) in [6.45, 7) is 4.47. The molecular weight excluding hydrogens is 307 g/mol. The first-order valence-corrected chi connectivity index (χ1v) is 7.24. The maximum atomic E-state index is 2.37. The molecule has 1 rings (SSSR count). The molecule has 0 aliphatic heterocycles. The minimum atomic E-state index is 1.22. The van der Waals surface area contributed by atoms with Crippen molar-refractivity contribution >= 4 is 28.2 Å². The van der Waals surface area contributed by atoms with Crippen LogP contribution in [0.4, 0.5) is 0 Å². The first-order valence-electron chi connectivity index (χ1n) is 6.16. The normalized spacial score (nSPS) is 11.8. The van der Waals surface area contributed by atoms with E-state index in [0.717, 1.165) is 0 Å². The van der Waals surface area contributed by atoms with E-state index in [1.54, 1.807) is 0 Å². The highest BCUT2D eigenvalue weighted by Gasteiger charge is 1.95.